The molecule has 0 spiro atoms. The Kier molecular flexibility index (Phi) is 9.61. The molecule has 0 atom stereocenters. The Balaban J connectivity index is 0.00000288. The van der Waals surface area contributed by atoms with Crippen molar-refractivity contribution in [1.29, 1.82) is 0 Å². The van der Waals surface area contributed by atoms with Gasteiger partial charge in [-0.2, -0.15) is 0 Å². The smallest absolute Gasteiger partial charge is 0.220 e. The Bertz CT molecular complexity index is 364. The second-order valence-corrected chi connectivity index (χ2v) is 7.87. The highest BCUT2D eigenvalue weighted by atomic mass is 35.5. The Hall–Kier alpha value is -0.320. The van der Waals surface area contributed by atoms with Crippen LogP contribution in [0.4, 0.5) is 0 Å². The number of hydrogen-bond acceptors (Lipinski definition) is 3. The van der Waals surface area contributed by atoms with Crippen molar-refractivity contribution in [1.82, 2.24) is 5.32 Å². The predicted molar refractivity (Wildman–Crippen MR) is 101 cm³/mol. The number of nitrogens with one attached hydrogen (secondary N) is 1. The molecule has 24 heavy (non-hydrogen) atoms. The number of rotatable bonds is 9. The van der Waals surface area contributed by atoms with Crippen LogP contribution in [0.2, 0.25) is 0 Å². The van der Waals surface area contributed by atoms with Gasteiger partial charge in [-0.15, -0.1) is 12.4 Å². The van der Waals surface area contributed by atoms with Crippen LogP contribution in [-0.4, -0.2) is 32.2 Å². The molecule has 2 aliphatic carbocycles. The van der Waals surface area contributed by atoms with Crippen LogP contribution in [0.25, 0.3) is 0 Å². The zero-order valence-corrected chi connectivity index (χ0v) is 16.2. The summed E-state index contributed by atoms with van der Waals surface area (Å²) >= 11 is 0. The van der Waals surface area contributed by atoms with Gasteiger partial charge in [0.15, 0.2) is 0 Å². The topological polar surface area (TPSA) is 64.3 Å². The van der Waals surface area contributed by atoms with Gasteiger partial charge in [-0.1, -0.05) is 32.1 Å². The largest absolute Gasteiger partial charge is 0.382 e. The molecular formula is C19H37ClN2O2. The van der Waals surface area contributed by atoms with Crippen molar-refractivity contribution in [2.75, 3.05) is 26.3 Å². The fourth-order valence-corrected chi connectivity index (χ4v) is 4.52. The Morgan fingerprint density at radius 2 is 1.62 bits per heavy atom. The van der Waals surface area contributed by atoms with Crippen molar-refractivity contribution < 1.29 is 9.53 Å². The molecule has 4 nitrogen and oxygen atoms in total. The maximum absolute atomic E-state index is 12.5. The normalized spacial score (nSPS) is 21.9. The Labute approximate surface area is 154 Å². The van der Waals surface area contributed by atoms with E-state index < -0.39 is 0 Å². The van der Waals surface area contributed by atoms with Gasteiger partial charge in [0, 0.05) is 26.2 Å². The van der Waals surface area contributed by atoms with Gasteiger partial charge >= 0.3 is 0 Å². The Morgan fingerprint density at radius 1 is 1.04 bits per heavy atom. The number of nitrogens with two attached hydrogens (primary N) is 1. The van der Waals surface area contributed by atoms with Crippen LogP contribution in [0, 0.1) is 10.8 Å². The third-order valence-corrected chi connectivity index (χ3v) is 6.19. The van der Waals surface area contributed by atoms with Crippen molar-refractivity contribution in [3.8, 4) is 0 Å². The minimum absolute atomic E-state index is 0. The average molecular weight is 361 g/mol. The SMILES string of the molecule is CCOCCC1(CNC(=O)CC2(CN)CCCCC2)CCCC1.Cl. The average Bonchev–Trinajstić information content (AvgIpc) is 3.03. The fraction of sp³-hybridized carbons (Fsp3) is 0.947. The molecule has 3 N–H and O–H groups in total. The molecule has 2 fully saturated rings. The maximum atomic E-state index is 12.5. The van der Waals surface area contributed by atoms with Crippen molar-refractivity contribution >= 4 is 18.3 Å². The standard InChI is InChI=1S/C19H36N2O2.ClH/c1-2-23-13-12-18(8-6-7-9-18)16-21-17(22)14-19(15-20)10-4-3-5-11-19;/h2-16,20H2,1H3,(H,21,22);1H. The molecular weight excluding hydrogens is 324 g/mol. The number of amides is 1. The lowest BCUT2D eigenvalue weighted by Gasteiger charge is -2.36. The maximum Gasteiger partial charge on any atom is 0.220 e. The van der Waals surface area contributed by atoms with Crippen LogP contribution in [0.3, 0.4) is 0 Å². The zero-order chi connectivity index (χ0) is 16.6. The van der Waals surface area contributed by atoms with E-state index in [9.17, 15) is 4.79 Å². The fourth-order valence-electron chi connectivity index (χ4n) is 4.52. The second-order valence-electron chi connectivity index (χ2n) is 7.87. The van der Waals surface area contributed by atoms with Crippen LogP contribution in [0.5, 0.6) is 0 Å². The summed E-state index contributed by atoms with van der Waals surface area (Å²) in [6.07, 6.45) is 12.7. The molecule has 0 aliphatic heterocycles. The lowest BCUT2D eigenvalue weighted by molar-refractivity contribution is -0.124. The van der Waals surface area contributed by atoms with Gasteiger partial charge in [0.2, 0.25) is 5.91 Å². The van der Waals surface area contributed by atoms with Crippen LogP contribution in [-0.2, 0) is 9.53 Å². The molecule has 0 unspecified atom stereocenters. The summed E-state index contributed by atoms with van der Waals surface area (Å²) in [6, 6.07) is 0. The van der Waals surface area contributed by atoms with Gasteiger partial charge in [-0.3, -0.25) is 4.79 Å². The van der Waals surface area contributed by atoms with E-state index in [-0.39, 0.29) is 29.1 Å². The molecule has 0 aromatic carbocycles. The first-order chi connectivity index (χ1) is 11.1. The molecule has 0 radical (unpaired) electrons. The van der Waals surface area contributed by atoms with Crippen molar-refractivity contribution in [3.05, 3.63) is 0 Å². The van der Waals surface area contributed by atoms with E-state index in [1.165, 1.54) is 44.9 Å². The first-order valence-electron chi connectivity index (χ1n) is 9.68. The number of carbonyl (C=O) groups is 1. The summed E-state index contributed by atoms with van der Waals surface area (Å²) in [6.45, 7) is 5.11. The molecule has 2 saturated carbocycles. The van der Waals surface area contributed by atoms with E-state index in [0.29, 0.717) is 13.0 Å². The van der Waals surface area contributed by atoms with Gasteiger partial charge in [-0.05, 0) is 56.4 Å². The number of halogens is 1. The molecule has 0 aromatic heterocycles. The summed E-state index contributed by atoms with van der Waals surface area (Å²) in [5, 5.41) is 3.25. The molecule has 5 heteroatoms. The van der Waals surface area contributed by atoms with E-state index in [1.807, 2.05) is 6.92 Å². The van der Waals surface area contributed by atoms with Gasteiger partial charge in [0.1, 0.15) is 0 Å². The van der Waals surface area contributed by atoms with E-state index >= 15 is 0 Å². The number of hydrogen-bond donors (Lipinski definition) is 2. The van der Waals surface area contributed by atoms with Crippen molar-refractivity contribution in [2.45, 2.75) is 77.6 Å². The van der Waals surface area contributed by atoms with Gasteiger partial charge in [0.05, 0.1) is 0 Å². The summed E-state index contributed by atoms with van der Waals surface area (Å²) in [5.74, 6) is 0.208. The zero-order valence-electron chi connectivity index (χ0n) is 15.4. The van der Waals surface area contributed by atoms with Crippen LogP contribution in [0.1, 0.15) is 77.6 Å². The van der Waals surface area contributed by atoms with Gasteiger partial charge in [-0.25, -0.2) is 0 Å². The molecule has 142 valence electrons. The summed E-state index contributed by atoms with van der Waals surface area (Å²) in [4.78, 5) is 12.5. The Morgan fingerprint density at radius 3 is 2.21 bits per heavy atom. The van der Waals surface area contributed by atoms with Gasteiger partial charge in [0.25, 0.3) is 0 Å². The summed E-state index contributed by atoms with van der Waals surface area (Å²) in [5.41, 5.74) is 6.35. The highest BCUT2D eigenvalue weighted by Gasteiger charge is 2.36. The molecule has 2 rings (SSSR count). The predicted octanol–water partition coefficient (Wildman–Crippen LogP) is 3.81. The monoisotopic (exact) mass is 360 g/mol. The van der Waals surface area contributed by atoms with E-state index in [4.69, 9.17) is 10.5 Å². The summed E-state index contributed by atoms with van der Waals surface area (Å²) in [7, 11) is 0. The van der Waals surface area contributed by atoms with Crippen molar-refractivity contribution in [3.63, 3.8) is 0 Å². The van der Waals surface area contributed by atoms with Gasteiger partial charge < -0.3 is 15.8 Å². The highest BCUT2D eigenvalue weighted by Crippen LogP contribution is 2.41. The molecule has 0 saturated heterocycles. The third-order valence-electron chi connectivity index (χ3n) is 6.19. The van der Waals surface area contributed by atoms with E-state index in [0.717, 1.165) is 39.0 Å². The first kappa shape index (κ1) is 21.7. The minimum atomic E-state index is 0. The summed E-state index contributed by atoms with van der Waals surface area (Å²) < 4.78 is 5.55. The van der Waals surface area contributed by atoms with Crippen LogP contribution in [0.15, 0.2) is 0 Å². The molecule has 0 aromatic rings. The lowest BCUT2D eigenvalue weighted by atomic mass is 9.71. The highest BCUT2D eigenvalue weighted by molar-refractivity contribution is 5.85. The minimum Gasteiger partial charge on any atom is -0.382 e. The molecule has 1 amide bonds. The van der Waals surface area contributed by atoms with Crippen LogP contribution < -0.4 is 11.1 Å². The quantitative estimate of drug-likeness (QED) is 0.614. The second kappa shape index (κ2) is 10.6. The third kappa shape index (κ3) is 6.20. The van der Waals surface area contributed by atoms with Crippen molar-refractivity contribution in [2.24, 2.45) is 16.6 Å². The van der Waals surface area contributed by atoms with E-state index in [2.05, 4.69) is 5.32 Å². The van der Waals surface area contributed by atoms with Crippen LogP contribution >= 0.6 is 12.4 Å². The molecule has 0 heterocycles. The lowest BCUT2D eigenvalue weighted by Crippen LogP contribution is -2.42. The van der Waals surface area contributed by atoms with E-state index in [1.54, 1.807) is 0 Å². The number of ether oxygens (including phenoxy) is 1. The first-order valence-corrected chi connectivity index (χ1v) is 9.68. The molecule has 2 aliphatic rings. The number of carbonyl (C=O) groups excluding carboxylic acids is 1. The molecule has 0 bridgehead atoms.